The Labute approximate surface area is 138 Å². The highest BCUT2D eigenvalue weighted by molar-refractivity contribution is 6.52. The van der Waals surface area contributed by atoms with Gasteiger partial charge in [-0.05, 0) is 36.2 Å². The number of amides is 1. The molecule has 2 nitrogen and oxygen atoms in total. The fourth-order valence-electron chi connectivity index (χ4n) is 2.48. The molecule has 1 amide bonds. The summed E-state index contributed by atoms with van der Waals surface area (Å²) in [6, 6.07) is 13.2. The molecule has 0 bridgehead atoms. The second-order valence-electron chi connectivity index (χ2n) is 5.72. The third-order valence-corrected chi connectivity index (χ3v) is 5.26. The Balaban J connectivity index is 1.75. The van der Waals surface area contributed by atoms with Crippen LogP contribution in [-0.4, -0.2) is 10.2 Å². The second-order valence-corrected chi connectivity index (χ2v) is 7.21. The van der Waals surface area contributed by atoms with Crippen LogP contribution in [0.3, 0.4) is 0 Å². The van der Waals surface area contributed by atoms with Gasteiger partial charge in [0.2, 0.25) is 0 Å². The van der Waals surface area contributed by atoms with Crippen molar-refractivity contribution in [3.63, 3.8) is 0 Å². The van der Waals surface area contributed by atoms with E-state index in [1.54, 1.807) is 24.3 Å². The number of hydrogen-bond donors (Lipinski definition) is 1. The molecule has 2 aromatic carbocycles. The van der Waals surface area contributed by atoms with Crippen molar-refractivity contribution in [2.45, 2.75) is 23.1 Å². The van der Waals surface area contributed by atoms with E-state index >= 15 is 0 Å². The van der Waals surface area contributed by atoms with E-state index in [1.807, 2.05) is 19.1 Å². The van der Waals surface area contributed by atoms with Crippen molar-refractivity contribution in [1.29, 1.82) is 0 Å². The molecule has 0 aromatic heterocycles. The lowest BCUT2D eigenvalue weighted by atomic mass is 9.98. The van der Waals surface area contributed by atoms with Crippen molar-refractivity contribution in [3.8, 4) is 0 Å². The van der Waals surface area contributed by atoms with Gasteiger partial charge in [-0.1, -0.05) is 31.2 Å². The minimum absolute atomic E-state index is 0.0151. The fraction of sp³-hybridized carbons (Fsp3) is 0.235. The molecular formula is C17H14Cl2FNO. The van der Waals surface area contributed by atoms with Crippen LogP contribution in [0.2, 0.25) is 0 Å². The van der Waals surface area contributed by atoms with Gasteiger partial charge in [0, 0.05) is 11.1 Å². The van der Waals surface area contributed by atoms with Gasteiger partial charge in [0.15, 0.2) is 0 Å². The first-order chi connectivity index (χ1) is 10.3. The molecule has 114 valence electrons. The van der Waals surface area contributed by atoms with Crippen LogP contribution in [0.4, 0.5) is 10.1 Å². The number of alkyl halides is 2. The quantitative estimate of drug-likeness (QED) is 0.792. The summed E-state index contributed by atoms with van der Waals surface area (Å²) in [6.45, 7) is 2.00. The lowest BCUT2D eigenvalue weighted by Crippen LogP contribution is -2.14. The van der Waals surface area contributed by atoms with Crippen molar-refractivity contribution < 1.29 is 9.18 Å². The standard InChI is InChI=1S/C17H14Cl2FNO/c1-16(10-17(16,18)19)11-6-8-12(9-7-11)21-15(22)13-4-2-3-5-14(13)20/h2-9H,10H2,1H3,(H,21,22)/t16-/m0/s1. The molecule has 2 aromatic rings. The average molecular weight is 338 g/mol. The minimum Gasteiger partial charge on any atom is -0.322 e. The van der Waals surface area contributed by atoms with E-state index in [-0.39, 0.29) is 11.0 Å². The van der Waals surface area contributed by atoms with E-state index in [4.69, 9.17) is 23.2 Å². The van der Waals surface area contributed by atoms with Crippen molar-refractivity contribution in [3.05, 3.63) is 65.5 Å². The van der Waals surface area contributed by atoms with Crippen LogP contribution >= 0.6 is 23.2 Å². The summed E-state index contributed by atoms with van der Waals surface area (Å²) in [5.74, 6) is -1.02. The molecule has 0 unspecified atom stereocenters. The Hall–Kier alpha value is -1.58. The van der Waals surface area contributed by atoms with Gasteiger partial charge in [-0.2, -0.15) is 0 Å². The van der Waals surface area contributed by atoms with Gasteiger partial charge in [-0.15, -0.1) is 23.2 Å². The van der Waals surface area contributed by atoms with E-state index in [0.29, 0.717) is 12.1 Å². The van der Waals surface area contributed by atoms with Gasteiger partial charge in [0.1, 0.15) is 10.2 Å². The van der Waals surface area contributed by atoms with E-state index in [9.17, 15) is 9.18 Å². The molecule has 1 fully saturated rings. The summed E-state index contributed by atoms with van der Waals surface area (Å²) < 4.78 is 12.8. The molecule has 0 spiro atoms. The van der Waals surface area contributed by atoms with Crippen molar-refractivity contribution in [1.82, 2.24) is 0 Å². The Kier molecular flexibility index (Phi) is 3.66. The van der Waals surface area contributed by atoms with Crippen LogP contribution < -0.4 is 5.32 Å². The number of hydrogen-bond acceptors (Lipinski definition) is 1. The summed E-state index contributed by atoms with van der Waals surface area (Å²) >= 11 is 12.3. The van der Waals surface area contributed by atoms with Crippen LogP contribution in [0.15, 0.2) is 48.5 Å². The zero-order valence-corrected chi connectivity index (χ0v) is 13.4. The number of nitrogens with one attached hydrogen (secondary N) is 1. The molecular weight excluding hydrogens is 324 g/mol. The smallest absolute Gasteiger partial charge is 0.258 e. The van der Waals surface area contributed by atoms with Gasteiger partial charge >= 0.3 is 0 Å². The summed E-state index contributed by atoms with van der Waals surface area (Å²) in [7, 11) is 0. The maximum Gasteiger partial charge on any atom is 0.258 e. The number of rotatable bonds is 3. The highest BCUT2D eigenvalue weighted by atomic mass is 35.5. The molecule has 0 aliphatic heterocycles. The molecule has 1 aliphatic carbocycles. The molecule has 1 N–H and O–H groups in total. The minimum atomic E-state index is -0.731. The van der Waals surface area contributed by atoms with Crippen LogP contribution in [-0.2, 0) is 5.41 Å². The lowest BCUT2D eigenvalue weighted by Gasteiger charge is -2.13. The lowest BCUT2D eigenvalue weighted by molar-refractivity contribution is 0.102. The molecule has 0 heterocycles. The Morgan fingerprint density at radius 2 is 1.73 bits per heavy atom. The van der Waals surface area contributed by atoms with Crippen molar-refractivity contribution in [2.24, 2.45) is 0 Å². The summed E-state index contributed by atoms with van der Waals surface area (Å²) in [6.07, 6.45) is 0.698. The second kappa shape index (κ2) is 5.25. The van der Waals surface area contributed by atoms with E-state index < -0.39 is 16.1 Å². The van der Waals surface area contributed by atoms with Crippen LogP contribution in [0.5, 0.6) is 0 Å². The number of carbonyl (C=O) groups excluding carboxylic acids is 1. The maximum atomic E-state index is 13.6. The Morgan fingerprint density at radius 3 is 2.27 bits per heavy atom. The molecule has 1 aliphatic rings. The summed E-state index contributed by atoms with van der Waals surface area (Å²) in [5.41, 5.74) is 1.36. The largest absolute Gasteiger partial charge is 0.322 e. The monoisotopic (exact) mass is 337 g/mol. The molecule has 0 saturated heterocycles. The number of halogens is 3. The highest BCUT2D eigenvalue weighted by Gasteiger charge is 2.63. The first kappa shape index (κ1) is 15.3. The zero-order chi connectivity index (χ0) is 16.0. The average Bonchev–Trinajstić information content (AvgIpc) is 3.00. The zero-order valence-electron chi connectivity index (χ0n) is 11.9. The molecule has 1 atom stereocenters. The van der Waals surface area contributed by atoms with E-state index in [0.717, 1.165) is 5.56 Å². The fourth-order valence-corrected chi connectivity index (χ4v) is 3.23. The van der Waals surface area contributed by atoms with Crippen molar-refractivity contribution in [2.75, 3.05) is 5.32 Å². The first-order valence-corrected chi connectivity index (χ1v) is 7.63. The number of carbonyl (C=O) groups is 1. The molecule has 22 heavy (non-hydrogen) atoms. The van der Waals surface area contributed by atoms with E-state index in [2.05, 4.69) is 5.32 Å². The molecule has 3 rings (SSSR count). The molecule has 0 radical (unpaired) electrons. The predicted octanol–water partition coefficient (Wildman–Crippen LogP) is 4.91. The maximum absolute atomic E-state index is 13.6. The Bertz CT molecular complexity index is 730. The first-order valence-electron chi connectivity index (χ1n) is 6.88. The summed E-state index contributed by atoms with van der Waals surface area (Å²) in [4.78, 5) is 12.0. The predicted molar refractivity (Wildman–Crippen MR) is 87.2 cm³/mol. The third kappa shape index (κ3) is 2.59. The SMILES string of the molecule is C[C@@]1(c2ccc(NC(=O)c3ccccc3F)cc2)CC1(Cl)Cl. The third-order valence-electron chi connectivity index (χ3n) is 4.16. The molecule has 1 saturated carbocycles. The van der Waals surface area contributed by atoms with Gasteiger partial charge in [0.25, 0.3) is 5.91 Å². The van der Waals surface area contributed by atoms with Crippen LogP contribution in [0, 0.1) is 5.82 Å². The number of anilines is 1. The van der Waals surface area contributed by atoms with Gasteiger partial charge in [-0.3, -0.25) is 4.79 Å². The normalized spacial score (nSPS) is 22.2. The van der Waals surface area contributed by atoms with Crippen LogP contribution in [0.25, 0.3) is 0 Å². The van der Waals surface area contributed by atoms with E-state index in [1.165, 1.54) is 12.1 Å². The van der Waals surface area contributed by atoms with Crippen molar-refractivity contribution >= 4 is 34.8 Å². The Morgan fingerprint density at radius 1 is 1.14 bits per heavy atom. The van der Waals surface area contributed by atoms with Gasteiger partial charge in [-0.25, -0.2) is 4.39 Å². The molecule has 5 heteroatoms. The summed E-state index contributed by atoms with van der Waals surface area (Å²) in [5, 5.41) is 2.67. The van der Waals surface area contributed by atoms with Crippen LogP contribution in [0.1, 0.15) is 29.3 Å². The number of benzene rings is 2. The topological polar surface area (TPSA) is 29.1 Å². The van der Waals surface area contributed by atoms with Gasteiger partial charge in [0.05, 0.1) is 5.56 Å². The van der Waals surface area contributed by atoms with Gasteiger partial charge < -0.3 is 5.32 Å². The highest BCUT2D eigenvalue weighted by Crippen LogP contribution is 2.64.